The lowest BCUT2D eigenvalue weighted by molar-refractivity contribution is -0.142. The third-order valence-electron chi connectivity index (χ3n) is 7.42. The van der Waals surface area contributed by atoms with Crippen LogP contribution in [-0.4, -0.2) is 83.3 Å². The first-order valence-electron chi connectivity index (χ1n) is 11.4. The molecule has 12 heteroatoms. The fraction of sp³-hybridized carbons (Fsp3) is 0.591. The average Bonchev–Trinajstić information content (AvgIpc) is 3.55. The Morgan fingerprint density at radius 1 is 1.35 bits per heavy atom. The van der Waals surface area contributed by atoms with Gasteiger partial charge in [0, 0.05) is 17.1 Å². The summed E-state index contributed by atoms with van der Waals surface area (Å²) in [5.41, 5.74) is 1.51. The van der Waals surface area contributed by atoms with Gasteiger partial charge in [0.2, 0.25) is 17.7 Å². The minimum Gasteiger partial charge on any atom is -0.394 e. The van der Waals surface area contributed by atoms with Crippen molar-refractivity contribution in [3.63, 3.8) is 0 Å². The first-order chi connectivity index (χ1) is 16.4. The van der Waals surface area contributed by atoms with E-state index in [-0.39, 0.29) is 41.1 Å². The number of rotatable bonds is 7. The van der Waals surface area contributed by atoms with E-state index in [2.05, 4.69) is 36.9 Å². The van der Waals surface area contributed by atoms with Crippen molar-refractivity contribution in [2.24, 2.45) is 11.8 Å². The molecule has 3 aliphatic rings. The Hall–Kier alpha value is -2.18. The summed E-state index contributed by atoms with van der Waals surface area (Å²) < 4.78 is 0.858. The van der Waals surface area contributed by atoms with Gasteiger partial charge < -0.3 is 20.6 Å². The quantitative estimate of drug-likeness (QED) is 0.427. The highest BCUT2D eigenvalue weighted by Gasteiger charge is 2.76. The number of aromatic nitrogens is 3. The highest BCUT2D eigenvalue weighted by molar-refractivity contribution is 9.09. The van der Waals surface area contributed by atoms with Crippen molar-refractivity contribution in [2.45, 2.75) is 53.3 Å². The Bertz CT molecular complexity index is 1140. The van der Waals surface area contributed by atoms with E-state index < -0.39 is 28.7 Å². The van der Waals surface area contributed by atoms with Crippen molar-refractivity contribution in [3.05, 3.63) is 24.3 Å². The number of carbonyl (C=O) groups excluding carboxylic acids is 3. The number of para-hydroxylation sites is 1. The molecular weight excluding hydrogens is 524 g/mol. The maximum Gasteiger partial charge on any atom is 0.245 e. The Kier molecular flexibility index (Phi) is 6.09. The summed E-state index contributed by atoms with van der Waals surface area (Å²) in [6.07, 6.45) is 1.09. The number of nitrogens with zero attached hydrogens (tertiary/aromatic N) is 4. The van der Waals surface area contributed by atoms with Gasteiger partial charge in [-0.25, -0.2) is 4.68 Å². The molecule has 3 N–H and O–H groups in total. The van der Waals surface area contributed by atoms with Crippen LogP contribution in [0.4, 0.5) is 0 Å². The van der Waals surface area contributed by atoms with Crippen LogP contribution in [0.1, 0.15) is 19.8 Å². The third kappa shape index (κ3) is 3.29. The predicted octanol–water partition coefficient (Wildman–Crippen LogP) is 0.487. The van der Waals surface area contributed by atoms with E-state index >= 15 is 0 Å². The molecule has 1 spiro atoms. The van der Waals surface area contributed by atoms with Gasteiger partial charge in [0.15, 0.2) is 0 Å². The minimum atomic E-state index is -0.804. The lowest BCUT2D eigenvalue weighted by atomic mass is 9.70. The molecule has 1 aromatic heterocycles. The van der Waals surface area contributed by atoms with Crippen LogP contribution in [0.2, 0.25) is 0 Å². The lowest BCUT2D eigenvalue weighted by Gasteiger charge is -2.37. The van der Waals surface area contributed by atoms with E-state index in [9.17, 15) is 19.5 Å². The van der Waals surface area contributed by atoms with Gasteiger partial charge in [-0.05, 0) is 25.0 Å². The molecular formula is C22H27BrN6O4S. The number of carbonyl (C=O) groups is 3. The zero-order chi connectivity index (χ0) is 24.2. The largest absolute Gasteiger partial charge is 0.394 e. The second-order valence-corrected chi connectivity index (χ2v) is 11.8. The normalized spacial score (nSPS) is 32.8. The molecule has 3 saturated heterocycles. The SMILES string of the molecule is CC[C@@H](CO)N1C(=O)[C@@H]2[C@H](C(=O)NC)[C@H]3SC2(CC3Br)C1C(=O)NCn1nnc2ccccc21. The van der Waals surface area contributed by atoms with Gasteiger partial charge in [-0.15, -0.1) is 16.9 Å². The molecule has 0 saturated carbocycles. The number of fused-ring (bicyclic) bond motifs is 2. The minimum absolute atomic E-state index is 0.00700. The first-order valence-corrected chi connectivity index (χ1v) is 13.2. The van der Waals surface area contributed by atoms with Crippen molar-refractivity contribution in [1.82, 2.24) is 30.5 Å². The topological polar surface area (TPSA) is 129 Å². The number of aliphatic hydroxyl groups is 1. The maximum absolute atomic E-state index is 13.8. The van der Waals surface area contributed by atoms with Crippen molar-refractivity contribution in [1.29, 1.82) is 0 Å². The summed E-state index contributed by atoms with van der Waals surface area (Å²) in [6.45, 7) is 1.73. The standard InChI is InChI=1S/C22H27BrN6O4S/c1-3-11(9-30)29-18(20(32)25-10-28-14-7-5-4-6-13(14)26-27-28)22-8-12(23)17(34-22)15(19(31)24-2)16(22)21(29)33/h4-7,11-12,15-18,30H,3,8-10H2,1-2H3,(H,24,31)(H,25,32)/t11-,12?,15-,16-,17-,18?,22?/m0/s1. The maximum atomic E-state index is 13.8. The van der Waals surface area contributed by atoms with E-state index in [1.807, 2.05) is 31.2 Å². The molecule has 182 valence electrons. The molecule has 0 radical (unpaired) electrons. The van der Waals surface area contributed by atoms with Gasteiger partial charge in [0.1, 0.15) is 18.2 Å². The molecule has 0 aliphatic carbocycles. The fourth-order valence-electron chi connectivity index (χ4n) is 5.92. The first kappa shape index (κ1) is 23.6. The molecule has 1 aromatic carbocycles. The summed E-state index contributed by atoms with van der Waals surface area (Å²) >= 11 is 5.29. The Morgan fingerprint density at radius 3 is 2.82 bits per heavy atom. The van der Waals surface area contributed by atoms with Crippen LogP contribution in [0.15, 0.2) is 24.3 Å². The van der Waals surface area contributed by atoms with E-state index in [1.165, 1.54) is 0 Å². The molecule has 3 amide bonds. The number of hydrogen-bond acceptors (Lipinski definition) is 7. The number of nitrogens with one attached hydrogen (secondary N) is 2. The zero-order valence-corrected chi connectivity index (χ0v) is 21.3. The molecule has 3 aliphatic heterocycles. The van der Waals surface area contributed by atoms with Gasteiger partial charge in [-0.1, -0.05) is 40.2 Å². The summed E-state index contributed by atoms with van der Waals surface area (Å²) in [5, 5.41) is 23.9. The zero-order valence-electron chi connectivity index (χ0n) is 18.8. The molecule has 34 heavy (non-hydrogen) atoms. The van der Waals surface area contributed by atoms with Crippen molar-refractivity contribution >= 4 is 56.4 Å². The second-order valence-electron chi connectivity index (χ2n) is 9.04. The molecule has 4 heterocycles. The van der Waals surface area contributed by atoms with Gasteiger partial charge in [0.25, 0.3) is 0 Å². The van der Waals surface area contributed by atoms with E-state index in [4.69, 9.17) is 0 Å². The van der Waals surface area contributed by atoms with Crippen LogP contribution < -0.4 is 10.6 Å². The van der Waals surface area contributed by atoms with Crippen molar-refractivity contribution in [3.8, 4) is 0 Å². The number of likely N-dealkylation sites (tertiary alicyclic amines) is 1. The van der Waals surface area contributed by atoms with Crippen LogP contribution in [0.3, 0.4) is 0 Å². The Balaban J connectivity index is 1.49. The third-order valence-corrected chi connectivity index (χ3v) is 10.6. The van der Waals surface area contributed by atoms with Gasteiger partial charge in [-0.3, -0.25) is 14.4 Å². The van der Waals surface area contributed by atoms with Crippen LogP contribution in [0, 0.1) is 11.8 Å². The van der Waals surface area contributed by atoms with E-state index in [0.717, 1.165) is 11.0 Å². The smallest absolute Gasteiger partial charge is 0.245 e. The van der Waals surface area contributed by atoms with Crippen LogP contribution in [-0.2, 0) is 21.1 Å². The van der Waals surface area contributed by atoms with Gasteiger partial charge in [-0.2, -0.15) is 0 Å². The molecule has 7 atom stereocenters. The highest BCUT2D eigenvalue weighted by Crippen LogP contribution is 2.67. The van der Waals surface area contributed by atoms with Gasteiger partial charge >= 0.3 is 0 Å². The number of thioether (sulfide) groups is 1. The van der Waals surface area contributed by atoms with Crippen LogP contribution in [0.5, 0.6) is 0 Å². The summed E-state index contributed by atoms with van der Waals surface area (Å²) in [7, 11) is 1.57. The predicted molar refractivity (Wildman–Crippen MR) is 130 cm³/mol. The molecule has 2 aromatic rings. The molecule has 2 bridgehead atoms. The van der Waals surface area contributed by atoms with E-state index in [0.29, 0.717) is 12.8 Å². The second kappa shape index (κ2) is 8.80. The molecule has 3 fully saturated rings. The number of aliphatic hydroxyl groups excluding tert-OH is 1. The van der Waals surface area contributed by atoms with Crippen LogP contribution >= 0.6 is 27.7 Å². The summed E-state index contributed by atoms with van der Waals surface area (Å²) in [5.74, 6) is -1.87. The highest BCUT2D eigenvalue weighted by atomic mass is 79.9. The van der Waals surface area contributed by atoms with E-state index in [1.54, 1.807) is 28.4 Å². The van der Waals surface area contributed by atoms with Crippen LogP contribution in [0.25, 0.3) is 11.0 Å². The average molecular weight is 551 g/mol. The monoisotopic (exact) mass is 550 g/mol. The van der Waals surface area contributed by atoms with Crippen molar-refractivity contribution in [2.75, 3.05) is 13.7 Å². The lowest BCUT2D eigenvalue weighted by Crippen LogP contribution is -2.57. The van der Waals surface area contributed by atoms with Crippen molar-refractivity contribution < 1.29 is 19.5 Å². The summed E-state index contributed by atoms with van der Waals surface area (Å²) in [6, 6.07) is 6.15. The number of alkyl halides is 1. The number of halogens is 1. The fourth-order valence-corrected chi connectivity index (χ4v) is 9.52. The molecule has 10 nitrogen and oxygen atoms in total. The molecule has 5 rings (SSSR count). The summed E-state index contributed by atoms with van der Waals surface area (Å²) in [4.78, 5) is 42.0. The molecule has 3 unspecified atom stereocenters. The Labute approximate surface area is 209 Å². The Morgan fingerprint density at radius 2 is 2.12 bits per heavy atom. The van der Waals surface area contributed by atoms with Gasteiger partial charge in [0.05, 0.1) is 34.7 Å². The number of hydrogen-bond donors (Lipinski definition) is 3. The number of amides is 3. The number of benzene rings is 1.